The van der Waals surface area contributed by atoms with Crippen LogP contribution in [0.2, 0.25) is 10.0 Å². The lowest BCUT2D eigenvalue weighted by molar-refractivity contribution is 0.101. The number of rotatable bonds is 4. The summed E-state index contributed by atoms with van der Waals surface area (Å²) in [5.74, 6) is 0.179. The van der Waals surface area contributed by atoms with Crippen LogP contribution >= 0.6 is 23.2 Å². The van der Waals surface area contributed by atoms with Gasteiger partial charge in [-0.2, -0.15) is 0 Å². The smallest absolute Gasteiger partial charge is 0.295 e. The van der Waals surface area contributed by atoms with Crippen molar-refractivity contribution in [3.8, 4) is 17.1 Å². The SMILES string of the molecule is Cc1ccc(NC(=O)c2nc(-c3ccccc3)n(-c3ccc(Cl)c(Cl)c3)n2)cc1. The third-order valence-corrected chi connectivity index (χ3v) is 5.04. The Morgan fingerprint density at radius 2 is 1.66 bits per heavy atom. The first-order chi connectivity index (χ1) is 14.0. The Morgan fingerprint density at radius 1 is 0.931 bits per heavy atom. The van der Waals surface area contributed by atoms with Crippen LogP contribution in [-0.4, -0.2) is 20.7 Å². The van der Waals surface area contributed by atoms with E-state index in [0.29, 0.717) is 27.2 Å². The molecule has 4 rings (SSSR count). The van der Waals surface area contributed by atoms with Crippen LogP contribution in [0.1, 0.15) is 16.2 Å². The Morgan fingerprint density at radius 3 is 2.34 bits per heavy atom. The van der Waals surface area contributed by atoms with Gasteiger partial charge in [-0.05, 0) is 37.3 Å². The fourth-order valence-corrected chi connectivity index (χ4v) is 3.10. The molecule has 0 fully saturated rings. The van der Waals surface area contributed by atoms with Crippen LogP contribution in [0.3, 0.4) is 0 Å². The third kappa shape index (κ3) is 4.16. The van der Waals surface area contributed by atoms with Crippen LogP contribution in [0.25, 0.3) is 17.1 Å². The van der Waals surface area contributed by atoms with E-state index < -0.39 is 5.91 Å². The Kier molecular flexibility index (Phi) is 5.34. The molecule has 1 amide bonds. The van der Waals surface area contributed by atoms with Crippen molar-refractivity contribution in [2.45, 2.75) is 6.92 Å². The van der Waals surface area contributed by atoms with Crippen LogP contribution < -0.4 is 5.32 Å². The van der Waals surface area contributed by atoms with Crippen LogP contribution in [-0.2, 0) is 0 Å². The minimum atomic E-state index is -0.398. The molecule has 1 N–H and O–H groups in total. The molecule has 144 valence electrons. The number of aryl methyl sites for hydroxylation is 1. The molecule has 0 aliphatic heterocycles. The molecule has 7 heteroatoms. The molecule has 0 aliphatic carbocycles. The van der Waals surface area contributed by atoms with Gasteiger partial charge in [0.05, 0.1) is 15.7 Å². The van der Waals surface area contributed by atoms with Gasteiger partial charge >= 0.3 is 0 Å². The number of nitrogens with one attached hydrogen (secondary N) is 1. The maximum absolute atomic E-state index is 12.8. The molecule has 29 heavy (non-hydrogen) atoms. The van der Waals surface area contributed by atoms with Crippen molar-refractivity contribution < 1.29 is 4.79 Å². The molecular formula is C22H16Cl2N4O. The number of halogens is 2. The van der Waals surface area contributed by atoms with E-state index in [0.717, 1.165) is 11.1 Å². The third-order valence-electron chi connectivity index (χ3n) is 4.30. The number of carbonyl (C=O) groups excluding carboxylic acids is 1. The van der Waals surface area contributed by atoms with Gasteiger partial charge in [0.1, 0.15) is 0 Å². The lowest BCUT2D eigenvalue weighted by Gasteiger charge is -2.07. The van der Waals surface area contributed by atoms with Crippen LogP contribution in [0.15, 0.2) is 72.8 Å². The summed E-state index contributed by atoms with van der Waals surface area (Å²) in [6.07, 6.45) is 0. The Balaban J connectivity index is 1.75. The van der Waals surface area contributed by atoms with Crippen LogP contribution in [0, 0.1) is 6.92 Å². The van der Waals surface area contributed by atoms with Crippen molar-refractivity contribution in [2.75, 3.05) is 5.32 Å². The molecule has 0 unspecified atom stereocenters. The zero-order valence-corrected chi connectivity index (χ0v) is 16.9. The number of nitrogens with zero attached hydrogens (tertiary/aromatic N) is 3. The average molecular weight is 423 g/mol. The largest absolute Gasteiger partial charge is 0.319 e. The molecule has 3 aromatic carbocycles. The number of amides is 1. The Hall–Kier alpha value is -3.15. The highest BCUT2D eigenvalue weighted by molar-refractivity contribution is 6.42. The van der Waals surface area contributed by atoms with Gasteiger partial charge in [-0.3, -0.25) is 4.79 Å². The highest BCUT2D eigenvalue weighted by Gasteiger charge is 2.19. The van der Waals surface area contributed by atoms with Gasteiger partial charge in [-0.25, -0.2) is 9.67 Å². The molecule has 1 heterocycles. The number of hydrogen-bond acceptors (Lipinski definition) is 3. The summed E-state index contributed by atoms with van der Waals surface area (Å²) in [6, 6.07) is 22.2. The molecule has 0 aliphatic rings. The minimum absolute atomic E-state index is 0.0514. The Labute approximate surface area is 177 Å². The predicted molar refractivity (Wildman–Crippen MR) is 116 cm³/mol. The summed E-state index contributed by atoms with van der Waals surface area (Å²) < 4.78 is 1.58. The predicted octanol–water partition coefficient (Wildman–Crippen LogP) is 5.80. The van der Waals surface area contributed by atoms with Crippen LogP contribution in [0.4, 0.5) is 5.69 Å². The van der Waals surface area contributed by atoms with E-state index in [4.69, 9.17) is 23.2 Å². The quantitative estimate of drug-likeness (QED) is 0.451. The van der Waals surface area contributed by atoms with Gasteiger partial charge in [-0.1, -0.05) is 71.2 Å². The summed E-state index contributed by atoms with van der Waals surface area (Å²) >= 11 is 12.2. The second-order valence-corrected chi connectivity index (χ2v) is 7.27. The lowest BCUT2D eigenvalue weighted by atomic mass is 10.2. The molecule has 0 bridgehead atoms. The molecule has 0 atom stereocenters. The maximum Gasteiger partial charge on any atom is 0.295 e. The van der Waals surface area contributed by atoms with Gasteiger partial charge in [0.15, 0.2) is 5.82 Å². The normalized spacial score (nSPS) is 10.7. The molecule has 1 aromatic heterocycles. The average Bonchev–Trinajstić information content (AvgIpc) is 3.18. The van der Waals surface area contributed by atoms with Crippen LogP contribution in [0.5, 0.6) is 0 Å². The van der Waals surface area contributed by atoms with Gasteiger partial charge in [0.2, 0.25) is 5.82 Å². The van der Waals surface area contributed by atoms with Gasteiger partial charge < -0.3 is 5.32 Å². The summed E-state index contributed by atoms with van der Waals surface area (Å²) in [5, 5.41) is 8.09. The zero-order valence-electron chi connectivity index (χ0n) is 15.4. The number of benzene rings is 3. The van der Waals surface area contributed by atoms with Crippen molar-refractivity contribution >= 4 is 34.8 Å². The molecule has 0 spiro atoms. The number of aromatic nitrogens is 3. The first kappa shape index (κ1) is 19.2. The fraction of sp³-hybridized carbons (Fsp3) is 0.0455. The summed E-state index contributed by atoms with van der Waals surface area (Å²) in [7, 11) is 0. The second kappa shape index (κ2) is 8.07. The molecular weight excluding hydrogens is 407 g/mol. The zero-order chi connectivity index (χ0) is 20.4. The number of carbonyl (C=O) groups is 1. The van der Waals surface area contributed by atoms with Crippen molar-refractivity contribution in [3.05, 3.63) is 94.2 Å². The van der Waals surface area contributed by atoms with Crippen molar-refractivity contribution in [1.29, 1.82) is 0 Å². The number of anilines is 1. The molecule has 0 radical (unpaired) electrons. The fourth-order valence-electron chi connectivity index (χ4n) is 2.80. The molecule has 5 nitrogen and oxygen atoms in total. The van der Waals surface area contributed by atoms with E-state index in [1.807, 2.05) is 61.5 Å². The lowest BCUT2D eigenvalue weighted by Crippen LogP contribution is -2.14. The van der Waals surface area contributed by atoms with E-state index in [1.165, 1.54) is 0 Å². The van der Waals surface area contributed by atoms with Gasteiger partial charge in [0, 0.05) is 11.3 Å². The summed E-state index contributed by atoms with van der Waals surface area (Å²) in [4.78, 5) is 17.2. The first-order valence-corrected chi connectivity index (χ1v) is 9.63. The van der Waals surface area contributed by atoms with E-state index in [9.17, 15) is 4.79 Å². The highest BCUT2D eigenvalue weighted by Crippen LogP contribution is 2.27. The maximum atomic E-state index is 12.8. The first-order valence-electron chi connectivity index (χ1n) is 8.87. The van der Waals surface area contributed by atoms with Gasteiger partial charge in [-0.15, -0.1) is 5.10 Å². The molecule has 4 aromatic rings. The van der Waals surface area contributed by atoms with Crippen molar-refractivity contribution in [3.63, 3.8) is 0 Å². The summed E-state index contributed by atoms with van der Waals surface area (Å²) in [5.41, 5.74) is 3.25. The number of hydrogen-bond donors (Lipinski definition) is 1. The molecule has 0 saturated heterocycles. The van der Waals surface area contributed by atoms with E-state index >= 15 is 0 Å². The van der Waals surface area contributed by atoms with E-state index in [-0.39, 0.29) is 5.82 Å². The van der Waals surface area contributed by atoms with Gasteiger partial charge in [0.25, 0.3) is 5.91 Å². The summed E-state index contributed by atoms with van der Waals surface area (Å²) in [6.45, 7) is 1.98. The molecule has 0 saturated carbocycles. The van der Waals surface area contributed by atoms with Crippen molar-refractivity contribution in [2.24, 2.45) is 0 Å². The Bertz CT molecular complexity index is 1170. The topological polar surface area (TPSA) is 59.8 Å². The minimum Gasteiger partial charge on any atom is -0.319 e. The van der Waals surface area contributed by atoms with Crippen molar-refractivity contribution in [1.82, 2.24) is 14.8 Å². The second-order valence-electron chi connectivity index (χ2n) is 6.46. The standard InChI is InChI=1S/C22H16Cl2N4O/c1-14-7-9-16(10-8-14)25-22(29)20-26-21(15-5-3-2-4-6-15)28(27-20)17-11-12-18(23)19(24)13-17/h2-13H,1H3,(H,25,29). The van der Waals surface area contributed by atoms with E-state index in [2.05, 4.69) is 15.4 Å². The highest BCUT2D eigenvalue weighted by atomic mass is 35.5. The monoisotopic (exact) mass is 422 g/mol. The van der Waals surface area contributed by atoms with E-state index in [1.54, 1.807) is 22.9 Å².